The second kappa shape index (κ2) is 12.8. The zero-order valence-corrected chi connectivity index (χ0v) is 24.2. The number of para-hydroxylation sites is 1. The van der Waals surface area contributed by atoms with Crippen LogP contribution in [0.15, 0.2) is 47.0 Å². The van der Waals surface area contributed by atoms with E-state index in [1.54, 1.807) is 40.1 Å². The molecule has 0 saturated carbocycles. The lowest BCUT2D eigenvalue weighted by Gasteiger charge is -2.35. The van der Waals surface area contributed by atoms with Crippen molar-refractivity contribution in [2.24, 2.45) is 5.92 Å². The van der Waals surface area contributed by atoms with Crippen molar-refractivity contribution in [1.82, 2.24) is 14.9 Å². The third-order valence-corrected chi connectivity index (χ3v) is 7.49. The van der Waals surface area contributed by atoms with E-state index in [1.165, 1.54) is 19.4 Å². The molecule has 12 nitrogen and oxygen atoms in total. The second-order valence-corrected chi connectivity index (χ2v) is 10.7. The summed E-state index contributed by atoms with van der Waals surface area (Å²) in [5.41, 5.74) is -0.605. The number of piperidine rings is 1. The van der Waals surface area contributed by atoms with Crippen LogP contribution in [0.3, 0.4) is 0 Å². The molecule has 0 aliphatic carbocycles. The molecule has 1 aromatic carbocycles. The van der Waals surface area contributed by atoms with Crippen LogP contribution < -0.4 is 20.4 Å². The molecular formula is C29H32F3N7O5. The molecule has 44 heavy (non-hydrogen) atoms. The zero-order chi connectivity index (χ0) is 31.4. The number of hydrogen-bond donors (Lipinski definition) is 2. The maximum Gasteiger partial charge on any atom is 0.437 e. The lowest BCUT2D eigenvalue weighted by atomic mass is 10.0. The van der Waals surface area contributed by atoms with E-state index in [4.69, 9.17) is 9.15 Å². The van der Waals surface area contributed by atoms with Crippen molar-refractivity contribution in [1.29, 1.82) is 0 Å². The molecule has 0 bridgehead atoms. The van der Waals surface area contributed by atoms with Crippen molar-refractivity contribution < 1.29 is 36.7 Å². The second-order valence-electron chi connectivity index (χ2n) is 10.7. The summed E-state index contributed by atoms with van der Waals surface area (Å²) in [4.78, 5) is 50.8. The third-order valence-electron chi connectivity index (χ3n) is 7.49. The number of aromatic nitrogens is 2. The van der Waals surface area contributed by atoms with Crippen LogP contribution >= 0.6 is 0 Å². The molecule has 5 rings (SSSR count). The predicted octanol–water partition coefficient (Wildman–Crippen LogP) is 4.72. The molecule has 2 aliphatic rings. The van der Waals surface area contributed by atoms with Crippen molar-refractivity contribution in [2.75, 3.05) is 66.8 Å². The van der Waals surface area contributed by atoms with Crippen LogP contribution in [-0.2, 0) is 10.9 Å². The predicted molar refractivity (Wildman–Crippen MR) is 155 cm³/mol. The van der Waals surface area contributed by atoms with Crippen molar-refractivity contribution in [2.45, 2.75) is 25.9 Å². The topological polar surface area (TPSA) is 133 Å². The number of piperazine rings is 1. The highest BCUT2D eigenvalue weighted by molar-refractivity contribution is 6.03. The first-order valence-corrected chi connectivity index (χ1v) is 14.1. The summed E-state index contributed by atoms with van der Waals surface area (Å²) in [6.07, 6.45) is -1.79. The molecule has 15 heteroatoms. The number of anilines is 4. The van der Waals surface area contributed by atoms with Crippen LogP contribution in [0, 0.1) is 5.92 Å². The summed E-state index contributed by atoms with van der Waals surface area (Å²) in [6, 6.07) is 9.12. The fourth-order valence-corrected chi connectivity index (χ4v) is 5.20. The first-order chi connectivity index (χ1) is 21.0. The van der Waals surface area contributed by atoms with Gasteiger partial charge >= 0.3 is 18.2 Å². The molecule has 2 fully saturated rings. The Morgan fingerprint density at radius 1 is 1.00 bits per heavy atom. The number of pyridine rings is 1. The first kappa shape index (κ1) is 30.6. The van der Waals surface area contributed by atoms with Gasteiger partial charge in [-0.05, 0) is 43.0 Å². The summed E-state index contributed by atoms with van der Waals surface area (Å²) in [5.74, 6) is -1.71. The lowest BCUT2D eigenvalue weighted by Crippen LogP contribution is -2.50. The minimum atomic E-state index is -4.87. The molecular weight excluding hydrogens is 583 g/mol. The molecule has 4 heterocycles. The number of oxazole rings is 1. The number of carbonyl (C=O) groups excluding carboxylic acids is 3. The van der Waals surface area contributed by atoms with E-state index >= 15 is 0 Å². The normalized spacial score (nSPS) is 17.3. The molecule has 2 saturated heterocycles. The Bertz CT molecular complexity index is 1500. The number of methoxy groups -OCH3 is 1. The van der Waals surface area contributed by atoms with Crippen molar-refractivity contribution in [3.63, 3.8) is 0 Å². The van der Waals surface area contributed by atoms with Crippen LogP contribution in [0.4, 0.5) is 41.2 Å². The number of halogens is 3. The molecule has 0 spiro atoms. The Labute approximate surface area is 251 Å². The number of benzene rings is 1. The number of urea groups is 1. The van der Waals surface area contributed by atoms with Gasteiger partial charge < -0.3 is 34.5 Å². The largest absolute Gasteiger partial charge is 0.465 e. The average molecular weight is 616 g/mol. The molecule has 234 valence electrons. The van der Waals surface area contributed by atoms with E-state index in [9.17, 15) is 27.6 Å². The molecule has 2 aliphatic heterocycles. The molecule has 2 N–H and O–H groups in total. The number of alkyl halides is 3. The van der Waals surface area contributed by atoms with Gasteiger partial charge in [0.1, 0.15) is 5.82 Å². The zero-order valence-electron chi connectivity index (χ0n) is 24.2. The van der Waals surface area contributed by atoms with Gasteiger partial charge in [-0.2, -0.15) is 18.2 Å². The SMILES string of the molecule is COC(=O)c1ccccc1NC(=O)N1CCN(c2ccc(NC(=O)c3oc(N4CCCC(C)C4)nc3C(F)(F)F)cn2)CC1. The van der Waals surface area contributed by atoms with Crippen LogP contribution in [0.25, 0.3) is 0 Å². The van der Waals surface area contributed by atoms with E-state index in [-0.39, 0.29) is 29.2 Å². The molecule has 1 unspecified atom stereocenters. The Morgan fingerprint density at radius 3 is 2.41 bits per heavy atom. The Morgan fingerprint density at radius 2 is 1.75 bits per heavy atom. The average Bonchev–Trinajstić information content (AvgIpc) is 3.48. The Hall–Kier alpha value is -4.82. The van der Waals surface area contributed by atoms with Gasteiger partial charge in [0.05, 0.1) is 30.2 Å². The number of hydrogen-bond acceptors (Lipinski definition) is 9. The third kappa shape index (κ3) is 6.87. The van der Waals surface area contributed by atoms with Crippen LogP contribution in [0.1, 0.15) is 46.4 Å². The number of rotatable bonds is 6. The number of amides is 3. The smallest absolute Gasteiger partial charge is 0.437 e. The standard InChI is InChI=1S/C29H32F3N7O5/c1-18-6-5-11-39(17-18)28-36-24(29(30,31)32)23(44-28)25(40)34-19-9-10-22(33-16-19)37-12-14-38(15-13-37)27(42)35-21-8-4-3-7-20(21)26(41)43-2/h3-4,7-10,16,18H,5-6,11-15,17H2,1-2H3,(H,34,40)(H,35,42). The van der Waals surface area contributed by atoms with E-state index in [1.807, 2.05) is 11.8 Å². The number of nitrogens with zero attached hydrogens (tertiary/aromatic N) is 5. The van der Waals surface area contributed by atoms with Gasteiger partial charge in [-0.15, -0.1) is 0 Å². The molecule has 2 aromatic heterocycles. The summed E-state index contributed by atoms with van der Waals surface area (Å²) in [6.45, 7) is 4.64. The monoisotopic (exact) mass is 615 g/mol. The van der Waals surface area contributed by atoms with Gasteiger partial charge in [-0.1, -0.05) is 19.1 Å². The molecule has 3 amide bonds. The van der Waals surface area contributed by atoms with Gasteiger partial charge in [-0.3, -0.25) is 4.79 Å². The first-order valence-electron chi connectivity index (χ1n) is 14.1. The van der Waals surface area contributed by atoms with E-state index in [0.29, 0.717) is 50.8 Å². The molecule has 3 aromatic rings. The lowest BCUT2D eigenvalue weighted by molar-refractivity contribution is -0.141. The Balaban J connectivity index is 1.19. The van der Waals surface area contributed by atoms with E-state index < -0.39 is 29.5 Å². The quantitative estimate of drug-likeness (QED) is 0.378. The van der Waals surface area contributed by atoms with Gasteiger partial charge in [0.15, 0.2) is 5.69 Å². The van der Waals surface area contributed by atoms with Gasteiger partial charge in [-0.25, -0.2) is 14.6 Å². The van der Waals surface area contributed by atoms with Crippen molar-refractivity contribution >= 4 is 41.1 Å². The highest BCUT2D eigenvalue weighted by Gasteiger charge is 2.42. The van der Waals surface area contributed by atoms with Crippen LogP contribution in [0.5, 0.6) is 0 Å². The van der Waals surface area contributed by atoms with Crippen molar-refractivity contribution in [3.8, 4) is 0 Å². The highest BCUT2D eigenvalue weighted by atomic mass is 19.4. The van der Waals surface area contributed by atoms with Crippen molar-refractivity contribution in [3.05, 3.63) is 59.6 Å². The fourth-order valence-electron chi connectivity index (χ4n) is 5.20. The summed E-state index contributed by atoms with van der Waals surface area (Å²) >= 11 is 0. The number of esters is 1. The number of carbonyl (C=O) groups is 3. The minimum absolute atomic E-state index is 0.179. The summed E-state index contributed by atoms with van der Waals surface area (Å²) < 4.78 is 51.3. The maximum absolute atomic E-state index is 13.7. The van der Waals surface area contributed by atoms with Gasteiger partial charge in [0, 0.05) is 39.3 Å². The summed E-state index contributed by atoms with van der Waals surface area (Å²) in [5, 5.41) is 5.17. The van der Waals surface area contributed by atoms with Crippen LogP contribution in [0.2, 0.25) is 0 Å². The minimum Gasteiger partial charge on any atom is -0.465 e. The molecule has 0 radical (unpaired) electrons. The van der Waals surface area contributed by atoms with Gasteiger partial charge in [0.25, 0.3) is 11.9 Å². The number of nitrogens with one attached hydrogen (secondary N) is 2. The number of ether oxygens (including phenoxy) is 1. The fraction of sp³-hybridized carbons (Fsp3) is 0.414. The highest BCUT2D eigenvalue weighted by Crippen LogP contribution is 2.35. The van der Waals surface area contributed by atoms with Crippen LogP contribution in [-0.4, -0.2) is 79.2 Å². The van der Waals surface area contributed by atoms with Gasteiger partial charge in [0.2, 0.25) is 5.76 Å². The summed E-state index contributed by atoms with van der Waals surface area (Å²) in [7, 11) is 1.26. The molecule has 1 atom stereocenters. The van der Waals surface area contributed by atoms with E-state index in [2.05, 4.69) is 20.6 Å². The Kier molecular flexibility index (Phi) is 8.92. The maximum atomic E-state index is 13.7. The van der Waals surface area contributed by atoms with E-state index in [0.717, 1.165) is 12.8 Å².